The highest BCUT2D eigenvalue weighted by molar-refractivity contribution is 5.26. The van der Waals surface area contributed by atoms with E-state index in [9.17, 15) is 0 Å². The van der Waals surface area contributed by atoms with Gasteiger partial charge in [-0.25, -0.2) is 0 Å². The molecule has 0 spiro atoms. The molecule has 0 radical (unpaired) electrons. The van der Waals surface area contributed by atoms with Crippen molar-refractivity contribution >= 4 is 0 Å². The molecular formula is C15H22O3. The van der Waals surface area contributed by atoms with Crippen LogP contribution in [0.25, 0.3) is 0 Å². The van der Waals surface area contributed by atoms with Crippen molar-refractivity contribution in [2.24, 2.45) is 0 Å². The fourth-order valence-corrected chi connectivity index (χ4v) is 1.96. The van der Waals surface area contributed by atoms with Gasteiger partial charge in [0.1, 0.15) is 12.4 Å². The van der Waals surface area contributed by atoms with Crippen LogP contribution in [-0.2, 0) is 9.47 Å². The number of hydrogen-bond donors (Lipinski definition) is 0. The van der Waals surface area contributed by atoms with Gasteiger partial charge in [-0.05, 0) is 45.2 Å². The maximum Gasteiger partial charge on any atom is 0.158 e. The number of ether oxygens (including phenoxy) is 3. The third kappa shape index (κ3) is 4.31. The van der Waals surface area contributed by atoms with Gasteiger partial charge in [0.25, 0.3) is 0 Å². The number of hydrogen-bond acceptors (Lipinski definition) is 3. The Labute approximate surface area is 109 Å². The van der Waals surface area contributed by atoms with Gasteiger partial charge in [0.2, 0.25) is 0 Å². The van der Waals surface area contributed by atoms with Crippen LogP contribution in [0, 0.1) is 6.92 Å². The summed E-state index contributed by atoms with van der Waals surface area (Å²) in [5.74, 6) is 0.889. The third-order valence-corrected chi connectivity index (χ3v) is 3.03. The molecule has 1 unspecified atom stereocenters. The van der Waals surface area contributed by atoms with Gasteiger partial charge in [0.15, 0.2) is 6.29 Å². The smallest absolute Gasteiger partial charge is 0.158 e. The summed E-state index contributed by atoms with van der Waals surface area (Å²) in [7, 11) is 0. The van der Waals surface area contributed by atoms with E-state index >= 15 is 0 Å². The highest BCUT2D eigenvalue weighted by Crippen LogP contribution is 2.16. The van der Waals surface area contributed by atoms with E-state index in [0.717, 1.165) is 25.2 Å². The quantitative estimate of drug-likeness (QED) is 0.802. The molecule has 1 aromatic carbocycles. The Morgan fingerprint density at radius 1 is 1.28 bits per heavy atom. The van der Waals surface area contributed by atoms with Crippen molar-refractivity contribution in [3.05, 3.63) is 29.8 Å². The van der Waals surface area contributed by atoms with Crippen LogP contribution in [0.3, 0.4) is 0 Å². The van der Waals surface area contributed by atoms with Gasteiger partial charge in [0, 0.05) is 6.61 Å². The first kappa shape index (κ1) is 13.4. The number of aryl methyl sites for hydroxylation is 1. The van der Waals surface area contributed by atoms with Gasteiger partial charge >= 0.3 is 0 Å². The molecule has 100 valence electrons. The molecule has 0 aliphatic carbocycles. The molecule has 18 heavy (non-hydrogen) atoms. The van der Waals surface area contributed by atoms with Crippen LogP contribution in [0.15, 0.2) is 24.3 Å². The van der Waals surface area contributed by atoms with Gasteiger partial charge in [-0.3, -0.25) is 0 Å². The summed E-state index contributed by atoms with van der Waals surface area (Å²) >= 11 is 0. The van der Waals surface area contributed by atoms with Crippen molar-refractivity contribution in [2.45, 2.75) is 45.5 Å². The lowest BCUT2D eigenvalue weighted by atomic mass is 10.2. The molecule has 1 heterocycles. The summed E-state index contributed by atoms with van der Waals surface area (Å²) in [6.45, 7) is 5.46. The Morgan fingerprint density at radius 3 is 2.72 bits per heavy atom. The minimum Gasteiger partial charge on any atom is -0.491 e. The van der Waals surface area contributed by atoms with Crippen LogP contribution in [-0.4, -0.2) is 25.6 Å². The van der Waals surface area contributed by atoms with E-state index in [1.54, 1.807) is 0 Å². The predicted molar refractivity (Wildman–Crippen MR) is 70.8 cm³/mol. The molecule has 2 rings (SSSR count). The topological polar surface area (TPSA) is 27.7 Å². The van der Waals surface area contributed by atoms with Crippen molar-refractivity contribution in [1.82, 2.24) is 0 Å². The van der Waals surface area contributed by atoms with Crippen molar-refractivity contribution in [1.29, 1.82) is 0 Å². The van der Waals surface area contributed by atoms with E-state index in [-0.39, 0.29) is 12.4 Å². The van der Waals surface area contributed by atoms with Gasteiger partial charge in [-0.1, -0.05) is 17.7 Å². The Hall–Kier alpha value is -1.06. The first-order valence-electron chi connectivity index (χ1n) is 6.70. The second-order valence-corrected chi connectivity index (χ2v) is 4.87. The van der Waals surface area contributed by atoms with Crippen LogP contribution in [0.4, 0.5) is 0 Å². The fraction of sp³-hybridized carbons (Fsp3) is 0.600. The second kappa shape index (κ2) is 6.76. The third-order valence-electron chi connectivity index (χ3n) is 3.03. The lowest BCUT2D eigenvalue weighted by molar-refractivity contribution is -0.189. The largest absolute Gasteiger partial charge is 0.491 e. The van der Waals surface area contributed by atoms with Crippen LogP contribution < -0.4 is 4.74 Å². The summed E-state index contributed by atoms with van der Waals surface area (Å²) in [5, 5.41) is 0. The summed E-state index contributed by atoms with van der Waals surface area (Å²) < 4.78 is 17.0. The normalized spacial score (nSPS) is 21.6. The number of benzene rings is 1. The van der Waals surface area contributed by atoms with E-state index in [2.05, 4.69) is 6.92 Å². The maximum atomic E-state index is 5.79. The SMILES string of the molecule is Cc1ccc(OC[C@H](C)OC2CCCCO2)cc1. The first-order chi connectivity index (χ1) is 8.74. The highest BCUT2D eigenvalue weighted by Gasteiger charge is 2.17. The molecule has 1 aliphatic rings. The molecule has 2 atom stereocenters. The zero-order valence-corrected chi connectivity index (χ0v) is 11.2. The lowest BCUT2D eigenvalue weighted by Crippen LogP contribution is -2.29. The average molecular weight is 250 g/mol. The summed E-state index contributed by atoms with van der Waals surface area (Å²) in [6.07, 6.45) is 3.34. The zero-order valence-electron chi connectivity index (χ0n) is 11.2. The lowest BCUT2D eigenvalue weighted by Gasteiger charge is -2.26. The Kier molecular flexibility index (Phi) is 5.02. The molecule has 1 saturated heterocycles. The van der Waals surface area contributed by atoms with Crippen LogP contribution in [0.1, 0.15) is 31.7 Å². The Balaban J connectivity index is 1.70. The van der Waals surface area contributed by atoms with Crippen molar-refractivity contribution in [3.63, 3.8) is 0 Å². The van der Waals surface area contributed by atoms with Crippen molar-refractivity contribution in [2.75, 3.05) is 13.2 Å². The Morgan fingerprint density at radius 2 is 2.06 bits per heavy atom. The molecule has 1 fully saturated rings. The van der Waals surface area contributed by atoms with E-state index < -0.39 is 0 Å². The van der Waals surface area contributed by atoms with Crippen LogP contribution in [0.2, 0.25) is 0 Å². The molecule has 0 aromatic heterocycles. The van der Waals surface area contributed by atoms with Gasteiger partial charge < -0.3 is 14.2 Å². The second-order valence-electron chi connectivity index (χ2n) is 4.87. The van der Waals surface area contributed by atoms with Crippen molar-refractivity contribution in [3.8, 4) is 5.75 Å². The maximum absolute atomic E-state index is 5.79. The van der Waals surface area contributed by atoms with Gasteiger partial charge in [-0.15, -0.1) is 0 Å². The van der Waals surface area contributed by atoms with Gasteiger partial charge in [0.05, 0.1) is 6.10 Å². The molecule has 3 nitrogen and oxygen atoms in total. The average Bonchev–Trinajstić information content (AvgIpc) is 2.39. The monoisotopic (exact) mass is 250 g/mol. The molecule has 0 saturated carbocycles. The molecule has 1 aliphatic heterocycles. The van der Waals surface area contributed by atoms with E-state index in [4.69, 9.17) is 14.2 Å². The van der Waals surface area contributed by atoms with Crippen LogP contribution >= 0.6 is 0 Å². The zero-order chi connectivity index (χ0) is 12.8. The van der Waals surface area contributed by atoms with Gasteiger partial charge in [-0.2, -0.15) is 0 Å². The number of rotatable bonds is 5. The molecule has 0 N–H and O–H groups in total. The van der Waals surface area contributed by atoms with E-state index in [1.807, 2.05) is 31.2 Å². The molecule has 0 bridgehead atoms. The molecule has 0 amide bonds. The first-order valence-corrected chi connectivity index (χ1v) is 6.70. The van der Waals surface area contributed by atoms with Crippen LogP contribution in [0.5, 0.6) is 5.75 Å². The Bertz CT molecular complexity index is 341. The summed E-state index contributed by atoms with van der Waals surface area (Å²) in [6, 6.07) is 8.06. The van der Waals surface area contributed by atoms with E-state index in [1.165, 1.54) is 12.0 Å². The molecule has 1 aromatic rings. The standard InChI is InChI=1S/C15H22O3/c1-12-6-8-14(9-7-12)17-11-13(2)18-15-5-3-4-10-16-15/h6-9,13,15H,3-5,10-11H2,1-2H3/t13-,15?/m0/s1. The minimum absolute atomic E-state index is 0.0460. The summed E-state index contributed by atoms with van der Waals surface area (Å²) in [4.78, 5) is 0. The predicted octanol–water partition coefficient (Wildman–Crippen LogP) is 3.31. The highest BCUT2D eigenvalue weighted by atomic mass is 16.7. The fourth-order valence-electron chi connectivity index (χ4n) is 1.96. The minimum atomic E-state index is -0.0460. The molecule has 3 heteroatoms. The van der Waals surface area contributed by atoms with Crippen molar-refractivity contribution < 1.29 is 14.2 Å². The van der Waals surface area contributed by atoms with E-state index in [0.29, 0.717) is 6.61 Å². The molecular weight excluding hydrogens is 228 g/mol. The summed E-state index contributed by atoms with van der Waals surface area (Å²) in [5.41, 5.74) is 1.24.